The molecular weight excluding hydrogens is 304 g/mol. The van der Waals surface area contributed by atoms with E-state index in [-0.39, 0.29) is 11.4 Å². The molecule has 0 aliphatic rings. The molecule has 5 nitrogen and oxygen atoms in total. The lowest BCUT2D eigenvalue weighted by atomic mass is 10.0. The zero-order valence-corrected chi connectivity index (χ0v) is 14.5. The Labute approximate surface area is 136 Å². The molecule has 0 saturated carbocycles. The summed E-state index contributed by atoms with van der Waals surface area (Å²) in [6, 6.07) is 3.84. The quantitative estimate of drug-likeness (QED) is 0.394. The van der Waals surface area contributed by atoms with Crippen LogP contribution in [0.1, 0.15) is 53.0 Å². The summed E-state index contributed by atoms with van der Waals surface area (Å²) in [5.41, 5.74) is 0.669. The molecule has 23 heavy (non-hydrogen) atoms. The summed E-state index contributed by atoms with van der Waals surface area (Å²) in [7, 11) is 0. The topological polar surface area (TPSA) is 79.0 Å². The number of alkyl halides is 2. The van der Waals surface area contributed by atoms with E-state index in [1.807, 2.05) is 34.6 Å². The number of hydrogen-bond acceptors (Lipinski definition) is 4. The highest BCUT2D eigenvalue weighted by Crippen LogP contribution is 2.24. The Morgan fingerprint density at radius 2 is 1.87 bits per heavy atom. The van der Waals surface area contributed by atoms with Crippen LogP contribution in [-0.4, -0.2) is 23.6 Å². The lowest BCUT2D eigenvalue weighted by Gasteiger charge is -2.12. The number of benzene rings is 1. The third kappa shape index (κ3) is 8.85. The number of halogens is 2. The van der Waals surface area contributed by atoms with Crippen LogP contribution in [0.25, 0.3) is 0 Å². The molecular formula is C16H27F2N3O2. The van der Waals surface area contributed by atoms with Crippen molar-refractivity contribution in [3.05, 3.63) is 33.9 Å². The summed E-state index contributed by atoms with van der Waals surface area (Å²) in [6.45, 7) is 9.32. The molecule has 0 fully saturated rings. The largest absolute Gasteiger partial charge is 0.379 e. The molecule has 0 heterocycles. The zero-order valence-electron chi connectivity index (χ0n) is 14.5. The van der Waals surface area contributed by atoms with Gasteiger partial charge in [-0.15, -0.1) is 0 Å². The smallest absolute Gasteiger partial charge is 0.270 e. The van der Waals surface area contributed by atoms with Crippen LogP contribution >= 0.6 is 0 Å². The van der Waals surface area contributed by atoms with Crippen molar-refractivity contribution in [2.45, 2.75) is 53.9 Å². The molecule has 0 radical (unpaired) electrons. The van der Waals surface area contributed by atoms with Crippen molar-refractivity contribution in [1.82, 2.24) is 0 Å². The SMILES string of the molecule is CC.CC.CCCC(=N)c1cc([N+](=O)[O-])ccc1NCC(F)F. The fraction of sp³-hybridized carbons (Fsp3) is 0.562. The Morgan fingerprint density at radius 1 is 1.30 bits per heavy atom. The summed E-state index contributed by atoms with van der Waals surface area (Å²) >= 11 is 0. The van der Waals surface area contributed by atoms with Crippen LogP contribution in [0.15, 0.2) is 18.2 Å². The first-order valence-corrected chi connectivity index (χ1v) is 7.84. The highest BCUT2D eigenvalue weighted by Gasteiger charge is 2.14. The van der Waals surface area contributed by atoms with E-state index < -0.39 is 17.9 Å². The van der Waals surface area contributed by atoms with E-state index in [1.54, 1.807) is 0 Å². The molecule has 7 heteroatoms. The Morgan fingerprint density at radius 3 is 2.30 bits per heavy atom. The molecule has 0 aliphatic heterocycles. The molecule has 0 unspecified atom stereocenters. The second-order valence-corrected chi connectivity index (χ2v) is 3.99. The minimum Gasteiger partial charge on any atom is -0.379 e. The number of nitro benzene ring substituents is 1. The molecule has 0 bridgehead atoms. The van der Waals surface area contributed by atoms with Crippen molar-refractivity contribution < 1.29 is 13.7 Å². The predicted octanol–water partition coefficient (Wildman–Crippen LogP) is 5.49. The summed E-state index contributed by atoms with van der Waals surface area (Å²) in [5, 5.41) is 21.1. The average Bonchev–Trinajstić information content (AvgIpc) is 2.56. The van der Waals surface area contributed by atoms with Gasteiger partial charge in [0.25, 0.3) is 12.1 Å². The number of rotatable bonds is 7. The normalized spacial score (nSPS) is 9.22. The Balaban J connectivity index is 0. The van der Waals surface area contributed by atoms with Gasteiger partial charge < -0.3 is 10.7 Å². The van der Waals surface area contributed by atoms with Gasteiger partial charge in [-0.3, -0.25) is 10.1 Å². The van der Waals surface area contributed by atoms with Crippen molar-refractivity contribution in [1.29, 1.82) is 5.41 Å². The van der Waals surface area contributed by atoms with Crippen LogP contribution < -0.4 is 5.32 Å². The average molecular weight is 331 g/mol. The lowest BCUT2D eigenvalue weighted by Crippen LogP contribution is -2.13. The molecule has 1 aromatic carbocycles. The number of hydrogen-bond donors (Lipinski definition) is 2. The number of nitro groups is 1. The van der Waals surface area contributed by atoms with Crippen molar-refractivity contribution in [3.63, 3.8) is 0 Å². The molecule has 2 N–H and O–H groups in total. The monoisotopic (exact) mass is 331 g/mol. The van der Waals surface area contributed by atoms with Gasteiger partial charge in [0.1, 0.15) is 0 Å². The molecule has 0 aliphatic carbocycles. The van der Waals surface area contributed by atoms with Crippen LogP contribution in [0.4, 0.5) is 20.2 Å². The summed E-state index contributed by atoms with van der Waals surface area (Å²) in [6.07, 6.45) is -1.39. The number of anilines is 1. The van der Waals surface area contributed by atoms with Crippen LogP contribution in [0.5, 0.6) is 0 Å². The summed E-state index contributed by atoms with van der Waals surface area (Å²) < 4.78 is 24.4. The third-order valence-corrected chi connectivity index (χ3v) is 2.49. The van der Waals surface area contributed by atoms with Gasteiger partial charge in [-0.25, -0.2) is 8.78 Å². The van der Waals surface area contributed by atoms with Crippen LogP contribution in [0.2, 0.25) is 0 Å². The van der Waals surface area contributed by atoms with Crippen molar-refractivity contribution in [3.8, 4) is 0 Å². The maximum Gasteiger partial charge on any atom is 0.270 e. The van der Waals surface area contributed by atoms with Gasteiger partial charge in [0.15, 0.2) is 0 Å². The maximum atomic E-state index is 12.2. The van der Waals surface area contributed by atoms with Crippen molar-refractivity contribution in [2.75, 3.05) is 11.9 Å². The standard InChI is InChI=1S/C12H15F2N3O2.2C2H6/c1-2-3-10(15)9-6-8(17(18)19)4-5-11(9)16-7-12(13)14;2*1-2/h4-6,12,15-16H,2-3,7H2,1H3;2*1-2H3. The predicted molar refractivity (Wildman–Crippen MR) is 92.0 cm³/mol. The number of non-ortho nitro benzene ring substituents is 1. The van der Waals surface area contributed by atoms with Crippen molar-refractivity contribution in [2.24, 2.45) is 0 Å². The van der Waals surface area contributed by atoms with Gasteiger partial charge in [-0.2, -0.15) is 0 Å². The fourth-order valence-corrected chi connectivity index (χ4v) is 1.62. The molecule has 1 rings (SSSR count). The van der Waals surface area contributed by atoms with Crippen LogP contribution in [0.3, 0.4) is 0 Å². The molecule has 1 aromatic rings. The first kappa shape index (κ1) is 23.2. The molecule has 0 saturated heterocycles. The highest BCUT2D eigenvalue weighted by molar-refractivity contribution is 6.03. The second kappa shape index (κ2) is 13.6. The lowest BCUT2D eigenvalue weighted by molar-refractivity contribution is -0.384. The van der Waals surface area contributed by atoms with E-state index in [4.69, 9.17) is 5.41 Å². The minimum absolute atomic E-state index is 0.154. The second-order valence-electron chi connectivity index (χ2n) is 3.99. The first-order chi connectivity index (χ1) is 11.0. The maximum absolute atomic E-state index is 12.2. The minimum atomic E-state index is -2.52. The number of nitrogens with one attached hydrogen (secondary N) is 2. The van der Waals surface area contributed by atoms with Crippen molar-refractivity contribution >= 4 is 17.1 Å². The van der Waals surface area contributed by atoms with Crippen LogP contribution in [-0.2, 0) is 0 Å². The highest BCUT2D eigenvalue weighted by atomic mass is 19.3. The molecule has 0 aromatic heterocycles. The Bertz CT molecular complexity index is 480. The van der Waals surface area contributed by atoms with Gasteiger partial charge >= 0.3 is 0 Å². The van der Waals surface area contributed by atoms with E-state index >= 15 is 0 Å². The van der Waals surface area contributed by atoms with E-state index in [0.717, 1.165) is 0 Å². The zero-order chi connectivity index (χ0) is 18.4. The van der Waals surface area contributed by atoms with Gasteiger partial charge in [-0.05, 0) is 12.5 Å². The van der Waals surface area contributed by atoms with Gasteiger partial charge in [0.2, 0.25) is 0 Å². The van der Waals surface area contributed by atoms with E-state index in [2.05, 4.69) is 5.32 Å². The van der Waals surface area contributed by atoms with E-state index in [9.17, 15) is 18.9 Å². The molecule has 0 spiro atoms. The van der Waals surface area contributed by atoms with Gasteiger partial charge in [-0.1, -0.05) is 41.0 Å². The summed E-state index contributed by atoms with van der Waals surface area (Å²) in [4.78, 5) is 10.1. The molecule has 0 atom stereocenters. The van der Waals surface area contributed by atoms with Crippen LogP contribution in [0, 0.1) is 15.5 Å². The third-order valence-electron chi connectivity index (χ3n) is 2.49. The van der Waals surface area contributed by atoms with E-state index in [0.29, 0.717) is 24.1 Å². The van der Waals surface area contributed by atoms with Gasteiger partial charge in [0, 0.05) is 29.1 Å². The number of nitrogens with zero attached hydrogens (tertiary/aromatic N) is 1. The molecule has 132 valence electrons. The first-order valence-electron chi connectivity index (χ1n) is 7.84. The Kier molecular flexibility index (Phi) is 13.7. The fourth-order valence-electron chi connectivity index (χ4n) is 1.62. The van der Waals surface area contributed by atoms with Gasteiger partial charge in [0.05, 0.1) is 11.5 Å². The van der Waals surface area contributed by atoms with E-state index in [1.165, 1.54) is 18.2 Å². The molecule has 0 amide bonds. The Hall–Kier alpha value is -2.05. The summed E-state index contributed by atoms with van der Waals surface area (Å²) in [5.74, 6) is 0.